The van der Waals surface area contributed by atoms with Crippen molar-refractivity contribution in [1.82, 2.24) is 25.2 Å². The van der Waals surface area contributed by atoms with Gasteiger partial charge in [-0.25, -0.2) is 9.97 Å². The molecule has 1 fully saturated rings. The second-order valence-electron chi connectivity index (χ2n) is 8.00. The Morgan fingerprint density at radius 2 is 2.10 bits per heavy atom. The lowest BCUT2D eigenvalue weighted by atomic mass is 9.99. The summed E-state index contributed by atoms with van der Waals surface area (Å²) in [6.07, 6.45) is 0.690. The first kappa shape index (κ1) is 20.6. The van der Waals surface area contributed by atoms with Crippen molar-refractivity contribution in [1.29, 1.82) is 0 Å². The Morgan fingerprint density at radius 1 is 1.30 bits per heavy atom. The Labute approximate surface area is 172 Å². The van der Waals surface area contributed by atoms with Crippen LogP contribution in [0.5, 0.6) is 0 Å². The summed E-state index contributed by atoms with van der Waals surface area (Å²) in [5.74, 6) is -0.0671. The molecular formula is C20H25F3N6O. The molecule has 2 aromatic heterocycles. The molecular weight excluding hydrogens is 397 g/mol. The molecule has 30 heavy (non-hydrogen) atoms. The molecule has 0 bridgehead atoms. The fourth-order valence-corrected chi connectivity index (χ4v) is 4.06. The van der Waals surface area contributed by atoms with Gasteiger partial charge in [-0.1, -0.05) is 0 Å². The van der Waals surface area contributed by atoms with Crippen LogP contribution in [0.3, 0.4) is 0 Å². The lowest BCUT2D eigenvalue weighted by molar-refractivity contribution is -0.137. The van der Waals surface area contributed by atoms with E-state index < -0.39 is 11.7 Å². The maximum absolute atomic E-state index is 13.7. The van der Waals surface area contributed by atoms with Crippen molar-refractivity contribution < 1.29 is 18.0 Å². The quantitative estimate of drug-likeness (QED) is 0.708. The first-order valence-electron chi connectivity index (χ1n) is 10.1. The van der Waals surface area contributed by atoms with Crippen LogP contribution in [0, 0.1) is 0 Å². The van der Waals surface area contributed by atoms with Gasteiger partial charge in [0.15, 0.2) is 0 Å². The van der Waals surface area contributed by atoms with E-state index in [2.05, 4.69) is 25.6 Å². The van der Waals surface area contributed by atoms with Crippen molar-refractivity contribution >= 4 is 11.9 Å². The number of aromatic amines is 1. The highest BCUT2D eigenvalue weighted by atomic mass is 19.4. The summed E-state index contributed by atoms with van der Waals surface area (Å²) < 4.78 is 41.2. The second kappa shape index (κ2) is 7.90. The van der Waals surface area contributed by atoms with Crippen molar-refractivity contribution in [3.05, 3.63) is 29.2 Å². The van der Waals surface area contributed by atoms with Gasteiger partial charge in [-0.2, -0.15) is 13.2 Å². The van der Waals surface area contributed by atoms with Crippen LogP contribution in [0.1, 0.15) is 47.8 Å². The summed E-state index contributed by atoms with van der Waals surface area (Å²) in [5, 5.41) is 6.39. The summed E-state index contributed by atoms with van der Waals surface area (Å²) in [6, 6.07) is 0.0532. The van der Waals surface area contributed by atoms with Crippen LogP contribution in [0.4, 0.5) is 19.1 Å². The van der Waals surface area contributed by atoms with E-state index in [1.165, 1.54) is 6.20 Å². The fourth-order valence-electron chi connectivity index (χ4n) is 4.06. The smallest absolute Gasteiger partial charge is 0.356 e. The van der Waals surface area contributed by atoms with Crippen LogP contribution >= 0.6 is 0 Å². The van der Waals surface area contributed by atoms with E-state index >= 15 is 0 Å². The molecule has 1 unspecified atom stereocenters. The largest absolute Gasteiger partial charge is 0.419 e. The van der Waals surface area contributed by atoms with Crippen LogP contribution in [0.15, 0.2) is 12.4 Å². The third-order valence-electron chi connectivity index (χ3n) is 5.97. The number of H-pyrrole nitrogens is 1. The monoisotopic (exact) mass is 422 g/mol. The number of amides is 1. The Kier molecular flexibility index (Phi) is 5.44. The number of rotatable bonds is 3. The second-order valence-corrected chi connectivity index (χ2v) is 8.00. The van der Waals surface area contributed by atoms with Crippen LogP contribution < -0.4 is 10.6 Å². The first-order chi connectivity index (χ1) is 14.3. The molecule has 2 aromatic rings. The Morgan fingerprint density at radius 3 is 2.80 bits per heavy atom. The number of nitrogens with zero attached hydrogens (tertiary/aromatic N) is 3. The maximum atomic E-state index is 13.7. The first-order valence-corrected chi connectivity index (χ1v) is 10.1. The van der Waals surface area contributed by atoms with Gasteiger partial charge in [-0.05, 0) is 44.7 Å². The number of alkyl halides is 3. The van der Waals surface area contributed by atoms with Gasteiger partial charge < -0.3 is 20.5 Å². The molecule has 1 amide bonds. The topological polar surface area (TPSA) is 85.9 Å². The molecule has 7 nitrogen and oxygen atoms in total. The number of nitrogens with one attached hydrogen (secondary N) is 3. The Bertz CT molecular complexity index is 935. The van der Waals surface area contributed by atoms with Gasteiger partial charge in [-0.3, -0.25) is 4.79 Å². The molecule has 0 radical (unpaired) electrons. The molecule has 3 N–H and O–H groups in total. The van der Waals surface area contributed by atoms with Gasteiger partial charge >= 0.3 is 6.18 Å². The van der Waals surface area contributed by atoms with Crippen molar-refractivity contribution in [3.8, 4) is 11.3 Å². The summed E-state index contributed by atoms with van der Waals surface area (Å²) in [7, 11) is 1.70. The zero-order valence-electron chi connectivity index (χ0n) is 16.9. The minimum absolute atomic E-state index is 0.00494. The van der Waals surface area contributed by atoms with E-state index in [1.54, 1.807) is 11.9 Å². The Hall–Kier alpha value is -2.62. The minimum atomic E-state index is -4.61. The van der Waals surface area contributed by atoms with Gasteiger partial charge in [-0.15, -0.1) is 0 Å². The molecule has 4 heterocycles. The summed E-state index contributed by atoms with van der Waals surface area (Å²) in [5.41, 5.74) is 0.0987. The van der Waals surface area contributed by atoms with E-state index in [9.17, 15) is 18.0 Å². The van der Waals surface area contributed by atoms with Crippen LogP contribution in [0.2, 0.25) is 0 Å². The third-order valence-corrected chi connectivity index (χ3v) is 5.97. The average molecular weight is 422 g/mol. The third kappa shape index (κ3) is 3.88. The molecule has 0 saturated carbocycles. The number of fused-ring (bicyclic) bond motifs is 1. The number of aromatic nitrogens is 3. The number of carbonyl (C=O) groups is 1. The van der Waals surface area contributed by atoms with E-state index in [4.69, 9.17) is 0 Å². The van der Waals surface area contributed by atoms with Crippen molar-refractivity contribution in [2.45, 2.75) is 50.9 Å². The minimum Gasteiger partial charge on any atom is -0.356 e. The van der Waals surface area contributed by atoms with Crippen LogP contribution in [-0.2, 0) is 12.6 Å². The predicted molar refractivity (Wildman–Crippen MR) is 106 cm³/mol. The highest BCUT2D eigenvalue weighted by Crippen LogP contribution is 2.39. The lowest BCUT2D eigenvalue weighted by Crippen LogP contribution is -2.38. The summed E-state index contributed by atoms with van der Waals surface area (Å²) in [4.78, 5) is 25.4. The van der Waals surface area contributed by atoms with E-state index in [0.29, 0.717) is 36.2 Å². The van der Waals surface area contributed by atoms with E-state index in [0.717, 1.165) is 25.6 Å². The number of hydrogen-bond donors (Lipinski definition) is 3. The number of anilines is 1. The van der Waals surface area contributed by atoms with E-state index in [-0.39, 0.29) is 29.6 Å². The number of hydrogen-bond acceptors (Lipinski definition) is 5. The van der Waals surface area contributed by atoms with Gasteiger partial charge in [0, 0.05) is 43.6 Å². The zero-order chi connectivity index (χ0) is 21.5. The van der Waals surface area contributed by atoms with Crippen LogP contribution in [0.25, 0.3) is 11.3 Å². The molecule has 0 aliphatic carbocycles. The fraction of sp³-hybridized carbons (Fsp3) is 0.550. The highest BCUT2D eigenvalue weighted by Gasteiger charge is 2.37. The molecule has 0 aromatic carbocycles. The predicted octanol–water partition coefficient (Wildman–Crippen LogP) is 3.06. The number of carbonyl (C=O) groups excluding carboxylic acids is 1. The number of halogens is 3. The lowest BCUT2D eigenvalue weighted by Gasteiger charge is -2.24. The molecule has 4 rings (SSSR count). The van der Waals surface area contributed by atoms with Crippen molar-refractivity contribution in [2.75, 3.05) is 25.5 Å². The molecule has 2 aliphatic rings. The molecule has 2 aliphatic heterocycles. The van der Waals surface area contributed by atoms with Crippen LogP contribution in [-0.4, -0.2) is 58.0 Å². The molecule has 162 valence electrons. The van der Waals surface area contributed by atoms with Gasteiger partial charge in [0.25, 0.3) is 5.91 Å². The normalized spacial score (nSPS) is 22.6. The summed E-state index contributed by atoms with van der Waals surface area (Å²) in [6.45, 7) is 3.56. The standard InChI is InChI=1S/C20H25F3N6O/c1-11-5-6-13-14(9-25-17(13)18(30)29(11)2)16-15(20(21,22)23)10-26-19(28-16)27-12-4-3-7-24-8-12/h9-12,24-25H,3-8H2,1-2H3,(H,26,27,28)/t11?,12-/m0/s1. The summed E-state index contributed by atoms with van der Waals surface area (Å²) >= 11 is 0. The maximum Gasteiger partial charge on any atom is 0.419 e. The van der Waals surface area contributed by atoms with E-state index in [1.807, 2.05) is 6.92 Å². The Balaban J connectivity index is 1.76. The number of piperidine rings is 1. The van der Waals surface area contributed by atoms with Gasteiger partial charge in [0.05, 0.1) is 5.69 Å². The van der Waals surface area contributed by atoms with Gasteiger partial charge in [0.1, 0.15) is 11.3 Å². The molecule has 0 spiro atoms. The molecule has 1 saturated heterocycles. The SMILES string of the molecule is CC1CCc2c(-c3nc(N[C@H]4CCCNC4)ncc3C(F)(F)F)c[nH]c2C(=O)N1C. The van der Waals surface area contributed by atoms with Gasteiger partial charge in [0.2, 0.25) is 5.95 Å². The zero-order valence-corrected chi connectivity index (χ0v) is 16.9. The van der Waals surface area contributed by atoms with Crippen molar-refractivity contribution in [2.24, 2.45) is 0 Å². The highest BCUT2D eigenvalue weighted by molar-refractivity contribution is 5.96. The molecule has 2 atom stereocenters. The average Bonchev–Trinajstić information content (AvgIpc) is 3.10. The molecule has 10 heteroatoms. The van der Waals surface area contributed by atoms with Crippen molar-refractivity contribution in [3.63, 3.8) is 0 Å².